The summed E-state index contributed by atoms with van der Waals surface area (Å²) in [5.74, 6) is -0.775. The summed E-state index contributed by atoms with van der Waals surface area (Å²) in [7, 11) is 0. The number of carbonyl (C=O) groups is 2. The van der Waals surface area contributed by atoms with Gasteiger partial charge in [0.25, 0.3) is 0 Å². The van der Waals surface area contributed by atoms with Gasteiger partial charge in [0.15, 0.2) is 0 Å². The highest BCUT2D eigenvalue weighted by molar-refractivity contribution is 5.82. The fourth-order valence-corrected chi connectivity index (χ4v) is 2.53. The molecule has 0 aliphatic heterocycles. The fourth-order valence-electron chi connectivity index (χ4n) is 2.53. The molecule has 0 unspecified atom stereocenters. The Morgan fingerprint density at radius 3 is 1.48 bits per heavy atom. The molecule has 0 aromatic rings. The Balaban J connectivity index is 3.12. The Morgan fingerprint density at radius 1 is 0.619 bits per heavy atom. The van der Waals surface area contributed by atoms with Crippen LogP contribution in [0.1, 0.15) is 103 Å². The summed E-state index contributed by atoms with van der Waals surface area (Å²) in [5.41, 5.74) is 0. The Labute approximate surface area is 130 Å². The molecule has 3 heteroatoms. The number of carboxylic acids is 1. The quantitative estimate of drug-likeness (QED) is 0.382. The number of unbranched alkanes of at least 4 members (excludes halogenated alkanes) is 11. The summed E-state index contributed by atoms with van der Waals surface area (Å²) < 4.78 is 0. The van der Waals surface area contributed by atoms with E-state index < -0.39 is 5.97 Å². The Kier molecular flexibility index (Phi) is 14.9. The van der Waals surface area contributed by atoms with Crippen molar-refractivity contribution in [3.8, 4) is 0 Å². The average molecular weight is 298 g/mol. The van der Waals surface area contributed by atoms with Gasteiger partial charge in [-0.2, -0.15) is 0 Å². The minimum atomic E-state index is -0.877. The van der Waals surface area contributed by atoms with Crippen LogP contribution in [0, 0.1) is 0 Å². The molecule has 0 saturated heterocycles. The van der Waals surface area contributed by atoms with Gasteiger partial charge in [0.05, 0.1) is 6.42 Å². The highest BCUT2D eigenvalue weighted by Gasteiger charge is 2.04. The molecule has 0 fully saturated rings. The molecule has 0 spiro atoms. The number of hydrogen-bond donors (Lipinski definition) is 1. The summed E-state index contributed by atoms with van der Waals surface area (Å²) in [6, 6.07) is 0. The third kappa shape index (κ3) is 17.1. The first-order chi connectivity index (χ1) is 10.2. The molecule has 0 atom stereocenters. The second kappa shape index (κ2) is 15.5. The van der Waals surface area contributed by atoms with Gasteiger partial charge in [-0.05, 0) is 6.42 Å². The molecule has 0 aliphatic rings. The smallest absolute Gasteiger partial charge is 0.303 e. The lowest BCUT2D eigenvalue weighted by atomic mass is 10.0. The van der Waals surface area contributed by atoms with Crippen LogP contribution in [0.25, 0.3) is 0 Å². The van der Waals surface area contributed by atoms with Gasteiger partial charge in [-0.15, -0.1) is 0 Å². The second-order valence-electron chi connectivity index (χ2n) is 6.07. The van der Waals surface area contributed by atoms with Crippen LogP contribution in [-0.2, 0) is 9.59 Å². The van der Waals surface area contributed by atoms with Gasteiger partial charge in [0, 0.05) is 12.8 Å². The van der Waals surface area contributed by atoms with Crippen LogP contribution in [0.3, 0.4) is 0 Å². The summed E-state index contributed by atoms with van der Waals surface area (Å²) in [6.07, 6.45) is 16.2. The second-order valence-corrected chi connectivity index (χ2v) is 6.07. The molecule has 0 amide bonds. The molecular formula is C18H34O3. The van der Waals surface area contributed by atoms with Crippen molar-refractivity contribution in [1.82, 2.24) is 0 Å². The molecule has 3 nitrogen and oxygen atoms in total. The zero-order valence-electron chi connectivity index (χ0n) is 13.9. The maximum atomic E-state index is 11.4. The van der Waals surface area contributed by atoms with Gasteiger partial charge in [-0.25, -0.2) is 0 Å². The average Bonchev–Trinajstić information content (AvgIpc) is 2.46. The molecule has 0 bridgehead atoms. The molecule has 124 valence electrons. The molecular weight excluding hydrogens is 264 g/mol. The third-order valence-corrected chi connectivity index (χ3v) is 3.93. The number of rotatable bonds is 16. The third-order valence-electron chi connectivity index (χ3n) is 3.93. The van der Waals surface area contributed by atoms with E-state index in [1.54, 1.807) is 0 Å². The minimum Gasteiger partial charge on any atom is -0.481 e. The molecule has 0 radical (unpaired) electrons. The number of ketones is 1. The largest absolute Gasteiger partial charge is 0.481 e. The highest BCUT2D eigenvalue weighted by atomic mass is 16.4. The fraction of sp³-hybridized carbons (Fsp3) is 0.889. The molecule has 0 aromatic heterocycles. The number of Topliss-reactive ketones (excluding diaryl/α,β-unsaturated/α-hetero) is 1. The van der Waals surface area contributed by atoms with Crippen molar-refractivity contribution in [3.05, 3.63) is 0 Å². The lowest BCUT2D eigenvalue weighted by molar-refractivity contribution is -0.138. The lowest BCUT2D eigenvalue weighted by Gasteiger charge is -2.03. The first-order valence-electron chi connectivity index (χ1n) is 8.90. The number of aliphatic carboxylic acids is 1. The van der Waals surface area contributed by atoms with E-state index in [-0.39, 0.29) is 18.6 Å². The lowest BCUT2D eigenvalue weighted by Crippen LogP contribution is -2.02. The van der Waals surface area contributed by atoms with Crippen LogP contribution in [0.5, 0.6) is 0 Å². The van der Waals surface area contributed by atoms with E-state index in [1.807, 2.05) is 0 Å². The van der Waals surface area contributed by atoms with Crippen LogP contribution in [-0.4, -0.2) is 16.9 Å². The Morgan fingerprint density at radius 2 is 1.05 bits per heavy atom. The van der Waals surface area contributed by atoms with E-state index in [9.17, 15) is 9.59 Å². The summed E-state index contributed by atoms with van der Waals surface area (Å²) in [6.45, 7) is 2.25. The van der Waals surface area contributed by atoms with Crippen molar-refractivity contribution in [2.45, 2.75) is 103 Å². The topological polar surface area (TPSA) is 54.4 Å². The van der Waals surface area contributed by atoms with Gasteiger partial charge in [-0.1, -0.05) is 77.6 Å². The normalized spacial score (nSPS) is 10.7. The Bertz CT molecular complexity index is 261. The van der Waals surface area contributed by atoms with Crippen molar-refractivity contribution >= 4 is 11.8 Å². The van der Waals surface area contributed by atoms with Crippen LogP contribution in [0.4, 0.5) is 0 Å². The van der Waals surface area contributed by atoms with Crippen LogP contribution in [0.15, 0.2) is 0 Å². The van der Waals surface area contributed by atoms with Crippen molar-refractivity contribution < 1.29 is 14.7 Å². The molecule has 0 aliphatic carbocycles. The first-order valence-corrected chi connectivity index (χ1v) is 8.90. The van der Waals surface area contributed by atoms with E-state index in [4.69, 9.17) is 5.11 Å². The van der Waals surface area contributed by atoms with Crippen molar-refractivity contribution in [2.75, 3.05) is 0 Å². The van der Waals surface area contributed by atoms with E-state index in [2.05, 4.69) is 6.92 Å². The standard InChI is InChI=1S/C18H34O3/c1-2-3-4-5-6-7-8-9-10-11-12-13-14-17(19)15-16-18(20)21/h2-16H2,1H3,(H,20,21). The van der Waals surface area contributed by atoms with Gasteiger partial charge in [-0.3, -0.25) is 9.59 Å². The summed E-state index contributed by atoms with van der Waals surface area (Å²) in [5, 5.41) is 8.48. The first kappa shape index (κ1) is 20.1. The van der Waals surface area contributed by atoms with Crippen LogP contribution >= 0.6 is 0 Å². The molecule has 1 N–H and O–H groups in total. The predicted octanol–water partition coefficient (Wildman–Crippen LogP) is 5.51. The van der Waals surface area contributed by atoms with Crippen molar-refractivity contribution in [2.24, 2.45) is 0 Å². The zero-order chi connectivity index (χ0) is 15.8. The van der Waals surface area contributed by atoms with E-state index >= 15 is 0 Å². The number of carbonyl (C=O) groups excluding carboxylic acids is 1. The van der Waals surface area contributed by atoms with E-state index in [0.717, 1.165) is 12.8 Å². The predicted molar refractivity (Wildman–Crippen MR) is 87.6 cm³/mol. The molecule has 0 rings (SSSR count). The summed E-state index contributed by atoms with van der Waals surface area (Å²) >= 11 is 0. The van der Waals surface area contributed by atoms with Gasteiger partial charge in [0.2, 0.25) is 0 Å². The molecule has 0 aromatic carbocycles. The molecule has 0 heterocycles. The van der Waals surface area contributed by atoms with Crippen molar-refractivity contribution in [1.29, 1.82) is 0 Å². The highest BCUT2D eigenvalue weighted by Crippen LogP contribution is 2.12. The molecule has 21 heavy (non-hydrogen) atoms. The summed E-state index contributed by atoms with van der Waals surface area (Å²) in [4.78, 5) is 21.7. The van der Waals surface area contributed by atoms with Gasteiger partial charge < -0.3 is 5.11 Å². The van der Waals surface area contributed by atoms with E-state index in [1.165, 1.54) is 64.2 Å². The van der Waals surface area contributed by atoms with Crippen molar-refractivity contribution in [3.63, 3.8) is 0 Å². The number of carboxylic acid groups (broad SMARTS) is 1. The Hall–Kier alpha value is -0.860. The van der Waals surface area contributed by atoms with Gasteiger partial charge >= 0.3 is 5.97 Å². The molecule has 0 saturated carbocycles. The van der Waals surface area contributed by atoms with Gasteiger partial charge in [0.1, 0.15) is 5.78 Å². The van der Waals surface area contributed by atoms with Crippen LogP contribution in [0.2, 0.25) is 0 Å². The maximum absolute atomic E-state index is 11.4. The maximum Gasteiger partial charge on any atom is 0.303 e. The van der Waals surface area contributed by atoms with Crippen LogP contribution < -0.4 is 0 Å². The number of hydrogen-bond acceptors (Lipinski definition) is 2. The zero-order valence-corrected chi connectivity index (χ0v) is 13.9. The SMILES string of the molecule is CCCCCCCCCCCCCCC(=O)CCC(=O)O. The minimum absolute atomic E-state index is 0.0168. The van der Waals surface area contributed by atoms with E-state index in [0.29, 0.717) is 6.42 Å². The monoisotopic (exact) mass is 298 g/mol.